The van der Waals surface area contributed by atoms with Crippen LogP contribution < -0.4 is 9.47 Å². The average Bonchev–Trinajstić information content (AvgIpc) is 2.53. The zero-order valence-corrected chi connectivity index (χ0v) is 13.0. The first-order valence-electron chi connectivity index (χ1n) is 8.52. The third-order valence-corrected chi connectivity index (χ3v) is 4.74. The molecule has 0 amide bonds. The molecule has 2 fully saturated rings. The molecule has 4 unspecified atom stereocenters. The van der Waals surface area contributed by atoms with E-state index in [0.29, 0.717) is 11.5 Å². The molecule has 0 bridgehead atoms. The fourth-order valence-corrected chi connectivity index (χ4v) is 3.40. The molecule has 4 atom stereocenters. The molecule has 0 heterocycles. The molecule has 2 aliphatic rings. The van der Waals surface area contributed by atoms with E-state index in [-0.39, 0.29) is 12.2 Å². The summed E-state index contributed by atoms with van der Waals surface area (Å²) < 4.78 is 12.0. The topological polar surface area (TPSA) is 58.9 Å². The minimum absolute atomic E-state index is 0.158. The van der Waals surface area contributed by atoms with E-state index in [1.165, 1.54) is 0 Å². The van der Waals surface area contributed by atoms with Crippen molar-refractivity contribution in [1.82, 2.24) is 0 Å². The lowest BCUT2D eigenvalue weighted by Crippen LogP contribution is -2.36. The van der Waals surface area contributed by atoms with E-state index in [1.54, 1.807) is 0 Å². The summed E-state index contributed by atoms with van der Waals surface area (Å²) in [7, 11) is 0. The second-order valence-corrected chi connectivity index (χ2v) is 6.46. The molecule has 1 aromatic carbocycles. The lowest BCUT2D eigenvalue weighted by atomic mass is 9.94. The van der Waals surface area contributed by atoms with Gasteiger partial charge < -0.3 is 19.7 Å². The smallest absolute Gasteiger partial charge is 0.161 e. The number of aliphatic hydroxyl groups excluding tert-OH is 2. The molecule has 4 nitrogen and oxygen atoms in total. The highest BCUT2D eigenvalue weighted by Crippen LogP contribution is 2.33. The second kappa shape index (κ2) is 7.34. The molecule has 4 heteroatoms. The molecule has 22 heavy (non-hydrogen) atoms. The van der Waals surface area contributed by atoms with E-state index >= 15 is 0 Å². The highest BCUT2D eigenvalue weighted by molar-refractivity contribution is 5.40. The van der Waals surface area contributed by atoms with Gasteiger partial charge in [-0.3, -0.25) is 0 Å². The maximum Gasteiger partial charge on any atom is 0.161 e. The second-order valence-electron chi connectivity index (χ2n) is 6.46. The SMILES string of the molecule is OC1CCCCC1Oc1ccccc1OC1CCCCC1O. The molecule has 2 aliphatic carbocycles. The summed E-state index contributed by atoms with van der Waals surface area (Å²) in [5.41, 5.74) is 0. The fraction of sp³-hybridized carbons (Fsp3) is 0.667. The van der Waals surface area contributed by atoms with Crippen LogP contribution in [-0.2, 0) is 0 Å². The lowest BCUT2D eigenvalue weighted by Gasteiger charge is -2.31. The standard InChI is InChI=1S/C18H26O4/c19-13-7-1-3-9-15(13)21-17-11-5-6-12-18(17)22-16-10-4-2-8-14(16)20/h5-6,11-16,19-20H,1-4,7-10H2. The predicted molar refractivity (Wildman–Crippen MR) is 84.2 cm³/mol. The number of ether oxygens (including phenoxy) is 2. The fourth-order valence-electron chi connectivity index (χ4n) is 3.40. The van der Waals surface area contributed by atoms with Gasteiger partial charge in [0.25, 0.3) is 0 Å². The summed E-state index contributed by atoms with van der Waals surface area (Å²) in [6, 6.07) is 7.58. The van der Waals surface area contributed by atoms with Gasteiger partial charge in [-0.05, 0) is 50.7 Å². The number of hydrogen-bond acceptors (Lipinski definition) is 4. The number of hydrogen-bond donors (Lipinski definition) is 2. The Balaban J connectivity index is 1.69. The summed E-state index contributed by atoms with van der Waals surface area (Å²) in [5.74, 6) is 1.34. The van der Waals surface area contributed by atoms with Gasteiger partial charge in [0, 0.05) is 0 Å². The largest absolute Gasteiger partial charge is 0.484 e. The molecule has 3 rings (SSSR count). The number of rotatable bonds is 4. The van der Waals surface area contributed by atoms with Crippen molar-refractivity contribution in [3.8, 4) is 11.5 Å². The van der Waals surface area contributed by atoms with Crippen molar-refractivity contribution in [2.75, 3.05) is 0 Å². The highest BCUT2D eigenvalue weighted by Gasteiger charge is 2.28. The first kappa shape index (κ1) is 15.6. The molecule has 122 valence electrons. The summed E-state index contributed by atoms with van der Waals surface area (Å²) in [4.78, 5) is 0. The summed E-state index contributed by atoms with van der Waals surface area (Å²) in [6.45, 7) is 0. The van der Waals surface area contributed by atoms with Crippen molar-refractivity contribution in [2.45, 2.75) is 75.8 Å². The Labute approximate surface area is 132 Å². The quantitative estimate of drug-likeness (QED) is 0.897. The maximum absolute atomic E-state index is 10.1. The van der Waals surface area contributed by atoms with Gasteiger partial charge in [-0.1, -0.05) is 25.0 Å². The van der Waals surface area contributed by atoms with Crippen molar-refractivity contribution >= 4 is 0 Å². The summed E-state index contributed by atoms with van der Waals surface area (Å²) in [5, 5.41) is 20.2. The number of aliphatic hydroxyl groups is 2. The van der Waals surface area contributed by atoms with E-state index in [2.05, 4.69) is 0 Å². The number of para-hydroxylation sites is 2. The van der Waals surface area contributed by atoms with Crippen molar-refractivity contribution in [1.29, 1.82) is 0 Å². The third-order valence-electron chi connectivity index (χ3n) is 4.74. The summed E-state index contributed by atoms with van der Waals surface area (Å²) in [6.07, 6.45) is 6.54. The van der Waals surface area contributed by atoms with Gasteiger partial charge in [-0.15, -0.1) is 0 Å². The molecule has 0 aromatic heterocycles. The Bertz CT molecular complexity index is 433. The highest BCUT2D eigenvalue weighted by atomic mass is 16.5. The minimum atomic E-state index is -0.401. The van der Waals surface area contributed by atoms with Crippen LogP contribution >= 0.6 is 0 Å². The van der Waals surface area contributed by atoms with Crippen molar-refractivity contribution in [3.05, 3.63) is 24.3 Å². The molecule has 2 N–H and O–H groups in total. The first-order chi connectivity index (χ1) is 10.7. The van der Waals surface area contributed by atoms with Gasteiger partial charge in [0.2, 0.25) is 0 Å². The van der Waals surface area contributed by atoms with Crippen LogP contribution in [0.3, 0.4) is 0 Å². The zero-order chi connectivity index (χ0) is 15.4. The molecule has 2 saturated carbocycles. The third kappa shape index (κ3) is 3.73. The van der Waals surface area contributed by atoms with Crippen molar-refractivity contribution in [2.24, 2.45) is 0 Å². The Kier molecular flexibility index (Phi) is 5.21. The Hall–Kier alpha value is -1.26. The van der Waals surface area contributed by atoms with E-state index in [1.807, 2.05) is 24.3 Å². The van der Waals surface area contributed by atoms with Crippen LogP contribution in [0.2, 0.25) is 0 Å². The van der Waals surface area contributed by atoms with Crippen LogP contribution in [-0.4, -0.2) is 34.6 Å². The molecule has 0 aliphatic heterocycles. The molecular formula is C18H26O4. The summed E-state index contributed by atoms with van der Waals surface area (Å²) >= 11 is 0. The Morgan fingerprint density at radius 2 is 1.09 bits per heavy atom. The van der Waals surface area contributed by atoms with Gasteiger partial charge >= 0.3 is 0 Å². The van der Waals surface area contributed by atoms with E-state index < -0.39 is 12.2 Å². The molecular weight excluding hydrogens is 280 g/mol. The van der Waals surface area contributed by atoms with Crippen LogP contribution in [0.5, 0.6) is 11.5 Å². The van der Waals surface area contributed by atoms with Gasteiger partial charge in [0.15, 0.2) is 11.5 Å². The van der Waals surface area contributed by atoms with Gasteiger partial charge in [0.05, 0.1) is 12.2 Å². The van der Waals surface area contributed by atoms with Crippen LogP contribution in [0.1, 0.15) is 51.4 Å². The maximum atomic E-state index is 10.1. The zero-order valence-electron chi connectivity index (χ0n) is 13.0. The average molecular weight is 306 g/mol. The van der Waals surface area contributed by atoms with Crippen LogP contribution in [0.25, 0.3) is 0 Å². The van der Waals surface area contributed by atoms with Crippen LogP contribution in [0.4, 0.5) is 0 Å². The predicted octanol–water partition coefficient (Wildman–Crippen LogP) is 3.05. The Morgan fingerprint density at radius 3 is 1.50 bits per heavy atom. The minimum Gasteiger partial charge on any atom is -0.484 e. The van der Waals surface area contributed by atoms with E-state index in [0.717, 1.165) is 51.4 Å². The lowest BCUT2D eigenvalue weighted by molar-refractivity contribution is -0.00729. The van der Waals surface area contributed by atoms with Gasteiger partial charge in [0.1, 0.15) is 12.2 Å². The number of benzene rings is 1. The van der Waals surface area contributed by atoms with Gasteiger partial charge in [-0.2, -0.15) is 0 Å². The van der Waals surface area contributed by atoms with E-state index in [9.17, 15) is 10.2 Å². The molecule has 0 spiro atoms. The first-order valence-corrected chi connectivity index (χ1v) is 8.52. The monoisotopic (exact) mass is 306 g/mol. The van der Waals surface area contributed by atoms with Gasteiger partial charge in [-0.25, -0.2) is 0 Å². The van der Waals surface area contributed by atoms with E-state index in [4.69, 9.17) is 9.47 Å². The van der Waals surface area contributed by atoms with Crippen molar-refractivity contribution in [3.63, 3.8) is 0 Å². The molecule has 0 radical (unpaired) electrons. The van der Waals surface area contributed by atoms with Crippen LogP contribution in [0, 0.1) is 0 Å². The molecule has 0 saturated heterocycles. The van der Waals surface area contributed by atoms with Crippen molar-refractivity contribution < 1.29 is 19.7 Å². The molecule has 1 aromatic rings. The normalized spacial score (nSPS) is 32.5. The Morgan fingerprint density at radius 1 is 0.682 bits per heavy atom. The van der Waals surface area contributed by atoms with Crippen LogP contribution in [0.15, 0.2) is 24.3 Å².